The summed E-state index contributed by atoms with van der Waals surface area (Å²) in [6.07, 6.45) is 0.891. The lowest BCUT2D eigenvalue weighted by atomic mass is 9.83. The quantitative estimate of drug-likeness (QED) is 0.343. The third kappa shape index (κ3) is 4.86. The Kier molecular flexibility index (Phi) is 6.66. The van der Waals surface area contributed by atoms with Gasteiger partial charge < -0.3 is 19.9 Å². The summed E-state index contributed by atoms with van der Waals surface area (Å²) >= 11 is 3.34. The molecule has 0 fully saturated rings. The molecule has 3 aromatic rings. The summed E-state index contributed by atoms with van der Waals surface area (Å²) in [5.41, 5.74) is 8.44. The van der Waals surface area contributed by atoms with Gasteiger partial charge in [0.1, 0.15) is 28.9 Å². The van der Waals surface area contributed by atoms with Gasteiger partial charge in [-0.15, -0.1) is 0 Å². The molecule has 0 aliphatic carbocycles. The standard InChI is InChI=1S/C26H21BrN2O4/c1-2-12-31-19-5-3-4-17(13-19)24-21-11-10-20(14-23(21)33-25(29)22(24)15-28)32-26(30)16-6-8-18(27)9-7-16/h3-11,13-14,24H,2,12,29H2,1H3. The maximum atomic E-state index is 12.5. The molecule has 1 unspecified atom stereocenters. The summed E-state index contributed by atoms with van der Waals surface area (Å²) in [7, 11) is 0. The van der Waals surface area contributed by atoms with E-state index in [-0.39, 0.29) is 5.88 Å². The Hall–Kier alpha value is -3.76. The zero-order chi connectivity index (χ0) is 23.4. The Morgan fingerprint density at radius 1 is 1.12 bits per heavy atom. The van der Waals surface area contributed by atoms with Crippen molar-refractivity contribution in [2.45, 2.75) is 19.3 Å². The predicted molar refractivity (Wildman–Crippen MR) is 127 cm³/mol. The van der Waals surface area contributed by atoms with Crippen molar-refractivity contribution >= 4 is 21.9 Å². The molecular formula is C26H21BrN2O4. The predicted octanol–water partition coefficient (Wildman–Crippen LogP) is 5.68. The average molecular weight is 505 g/mol. The van der Waals surface area contributed by atoms with Gasteiger partial charge in [0.15, 0.2) is 0 Å². The van der Waals surface area contributed by atoms with E-state index in [1.807, 2.05) is 31.2 Å². The first-order valence-corrected chi connectivity index (χ1v) is 11.2. The van der Waals surface area contributed by atoms with Crippen molar-refractivity contribution in [2.75, 3.05) is 6.61 Å². The number of nitrogens with two attached hydrogens (primary N) is 1. The smallest absolute Gasteiger partial charge is 0.343 e. The lowest BCUT2D eigenvalue weighted by molar-refractivity contribution is 0.0734. The number of ether oxygens (including phenoxy) is 3. The van der Waals surface area contributed by atoms with Gasteiger partial charge in [0.2, 0.25) is 5.88 Å². The Labute approximate surface area is 200 Å². The monoisotopic (exact) mass is 504 g/mol. The van der Waals surface area contributed by atoms with E-state index in [1.54, 1.807) is 42.5 Å². The minimum Gasteiger partial charge on any atom is -0.494 e. The van der Waals surface area contributed by atoms with E-state index in [9.17, 15) is 10.1 Å². The number of hydrogen-bond acceptors (Lipinski definition) is 6. The van der Waals surface area contributed by atoms with E-state index < -0.39 is 11.9 Å². The summed E-state index contributed by atoms with van der Waals surface area (Å²) in [5.74, 6) is 0.563. The number of fused-ring (bicyclic) bond motifs is 1. The van der Waals surface area contributed by atoms with E-state index in [0.29, 0.717) is 29.2 Å². The van der Waals surface area contributed by atoms with E-state index in [0.717, 1.165) is 27.8 Å². The second-order valence-corrected chi connectivity index (χ2v) is 8.36. The molecule has 0 radical (unpaired) electrons. The highest BCUT2D eigenvalue weighted by molar-refractivity contribution is 9.10. The van der Waals surface area contributed by atoms with E-state index >= 15 is 0 Å². The molecule has 0 saturated heterocycles. The molecule has 0 aromatic heterocycles. The zero-order valence-corrected chi connectivity index (χ0v) is 19.5. The molecular weight excluding hydrogens is 484 g/mol. The number of halogens is 1. The number of esters is 1. The number of carbonyl (C=O) groups excluding carboxylic acids is 1. The molecule has 0 amide bonds. The second kappa shape index (κ2) is 9.80. The zero-order valence-electron chi connectivity index (χ0n) is 17.9. The number of rotatable bonds is 6. The highest BCUT2D eigenvalue weighted by Crippen LogP contribution is 2.44. The first-order valence-electron chi connectivity index (χ1n) is 10.4. The third-order valence-corrected chi connectivity index (χ3v) is 5.67. The molecule has 2 N–H and O–H groups in total. The molecule has 3 aromatic carbocycles. The van der Waals surface area contributed by atoms with Crippen molar-refractivity contribution in [3.05, 3.63) is 99.3 Å². The van der Waals surface area contributed by atoms with Crippen LogP contribution in [-0.4, -0.2) is 12.6 Å². The number of allylic oxidation sites excluding steroid dienone is 1. The van der Waals surface area contributed by atoms with Gasteiger partial charge in [-0.3, -0.25) is 0 Å². The second-order valence-electron chi connectivity index (χ2n) is 7.44. The molecule has 1 aliphatic rings. The molecule has 1 heterocycles. The maximum absolute atomic E-state index is 12.5. The molecule has 0 spiro atoms. The van der Waals surface area contributed by atoms with Crippen LogP contribution in [-0.2, 0) is 0 Å². The van der Waals surface area contributed by atoms with Gasteiger partial charge in [-0.2, -0.15) is 5.26 Å². The number of benzene rings is 3. The van der Waals surface area contributed by atoms with Gasteiger partial charge >= 0.3 is 5.97 Å². The first kappa shape index (κ1) is 22.4. The Bertz CT molecular complexity index is 1260. The van der Waals surface area contributed by atoms with Crippen molar-refractivity contribution in [3.63, 3.8) is 0 Å². The summed E-state index contributed by atoms with van der Waals surface area (Å²) in [6.45, 7) is 2.64. The molecule has 4 rings (SSSR count). The number of carbonyl (C=O) groups is 1. The fourth-order valence-electron chi connectivity index (χ4n) is 3.60. The highest BCUT2D eigenvalue weighted by Gasteiger charge is 2.31. The van der Waals surface area contributed by atoms with E-state index in [1.165, 1.54) is 0 Å². The number of nitrogens with zero attached hydrogens (tertiary/aromatic N) is 1. The van der Waals surface area contributed by atoms with Gasteiger partial charge in [-0.1, -0.05) is 41.1 Å². The van der Waals surface area contributed by atoms with Crippen LogP contribution < -0.4 is 19.9 Å². The fraction of sp³-hybridized carbons (Fsp3) is 0.154. The average Bonchev–Trinajstić information content (AvgIpc) is 2.82. The van der Waals surface area contributed by atoms with Gasteiger partial charge in [0, 0.05) is 16.1 Å². The van der Waals surface area contributed by atoms with Crippen LogP contribution in [0.5, 0.6) is 17.2 Å². The first-order chi connectivity index (χ1) is 16.0. The Balaban J connectivity index is 1.66. The third-order valence-electron chi connectivity index (χ3n) is 5.15. The van der Waals surface area contributed by atoms with Gasteiger partial charge in [-0.25, -0.2) is 4.79 Å². The van der Waals surface area contributed by atoms with Gasteiger partial charge in [0.05, 0.1) is 18.1 Å². The lowest BCUT2D eigenvalue weighted by Crippen LogP contribution is -2.21. The molecule has 33 heavy (non-hydrogen) atoms. The fourth-order valence-corrected chi connectivity index (χ4v) is 3.86. The highest BCUT2D eigenvalue weighted by atomic mass is 79.9. The van der Waals surface area contributed by atoms with Crippen LogP contribution in [0.1, 0.15) is 40.7 Å². The summed E-state index contributed by atoms with van der Waals surface area (Å²) in [6, 6.07) is 21.7. The van der Waals surface area contributed by atoms with Crippen LogP contribution in [0.3, 0.4) is 0 Å². The molecule has 1 atom stereocenters. The molecule has 1 aliphatic heterocycles. The SMILES string of the molecule is CCCOc1cccc(C2C(C#N)=C(N)Oc3cc(OC(=O)c4ccc(Br)cc4)ccc32)c1. The van der Waals surface area contributed by atoms with Crippen molar-refractivity contribution in [1.29, 1.82) is 5.26 Å². The van der Waals surface area contributed by atoms with Crippen molar-refractivity contribution in [2.24, 2.45) is 5.73 Å². The van der Waals surface area contributed by atoms with Crippen molar-refractivity contribution in [3.8, 4) is 23.3 Å². The summed E-state index contributed by atoms with van der Waals surface area (Å²) < 4.78 is 17.9. The van der Waals surface area contributed by atoms with E-state index in [4.69, 9.17) is 19.9 Å². The summed E-state index contributed by atoms with van der Waals surface area (Å²) in [5, 5.41) is 9.78. The van der Waals surface area contributed by atoms with Crippen LogP contribution in [0.15, 0.2) is 82.7 Å². The van der Waals surface area contributed by atoms with Crippen LogP contribution in [0.2, 0.25) is 0 Å². The Morgan fingerprint density at radius 2 is 1.91 bits per heavy atom. The molecule has 166 valence electrons. The Morgan fingerprint density at radius 3 is 2.64 bits per heavy atom. The van der Waals surface area contributed by atoms with Gasteiger partial charge in [-0.05, 0) is 54.4 Å². The van der Waals surface area contributed by atoms with Gasteiger partial charge in [0.25, 0.3) is 0 Å². The summed E-state index contributed by atoms with van der Waals surface area (Å²) in [4.78, 5) is 12.5. The van der Waals surface area contributed by atoms with Crippen LogP contribution >= 0.6 is 15.9 Å². The maximum Gasteiger partial charge on any atom is 0.343 e. The number of nitriles is 1. The lowest BCUT2D eigenvalue weighted by Gasteiger charge is -2.27. The molecule has 0 saturated carbocycles. The van der Waals surface area contributed by atoms with Crippen LogP contribution in [0.25, 0.3) is 0 Å². The van der Waals surface area contributed by atoms with Crippen molar-refractivity contribution < 1.29 is 19.0 Å². The topological polar surface area (TPSA) is 94.6 Å². The molecule has 7 heteroatoms. The number of hydrogen-bond donors (Lipinski definition) is 1. The normalized spacial score (nSPS) is 14.6. The minimum absolute atomic E-state index is 0.0197. The minimum atomic E-state index is -0.489. The molecule has 6 nitrogen and oxygen atoms in total. The van der Waals surface area contributed by atoms with Crippen LogP contribution in [0, 0.1) is 11.3 Å². The molecule has 0 bridgehead atoms. The van der Waals surface area contributed by atoms with E-state index in [2.05, 4.69) is 22.0 Å². The van der Waals surface area contributed by atoms with Crippen LogP contribution in [0.4, 0.5) is 0 Å². The largest absolute Gasteiger partial charge is 0.494 e. The van der Waals surface area contributed by atoms with Crippen molar-refractivity contribution in [1.82, 2.24) is 0 Å².